The second-order valence-electron chi connectivity index (χ2n) is 5.27. The Bertz CT molecular complexity index is 1000. The standard InChI is InChI=1S/C8H13FN3O14P3/c9-5-3(2-23-28(19,20)26-29(21,22)25-27(16,17)18)24-7(6(5)14)12-8(15)11-4(13)1-10-12/h1,3,5-7,14H,2H2,(H,19,20)(H,21,22)(H,11,13,15)(H2,16,17,18)/t3-,5-,6-,7-/m0/s1. The number of aromatic nitrogens is 3. The Kier molecular flexibility index (Phi) is 7.12. The van der Waals surface area contributed by atoms with Crippen LogP contribution in [0.1, 0.15) is 6.23 Å². The van der Waals surface area contributed by atoms with Crippen LogP contribution in [0.25, 0.3) is 0 Å². The number of alkyl halides is 1. The van der Waals surface area contributed by atoms with Crippen LogP contribution in [0.15, 0.2) is 15.8 Å². The summed E-state index contributed by atoms with van der Waals surface area (Å²) in [6.45, 7) is -1.20. The van der Waals surface area contributed by atoms with Crippen LogP contribution in [0, 0.1) is 0 Å². The normalized spacial score (nSPS) is 29.3. The van der Waals surface area contributed by atoms with Gasteiger partial charge in [0, 0.05) is 0 Å². The van der Waals surface area contributed by atoms with Crippen LogP contribution >= 0.6 is 23.5 Å². The van der Waals surface area contributed by atoms with E-state index in [0.29, 0.717) is 10.9 Å². The van der Waals surface area contributed by atoms with Gasteiger partial charge >= 0.3 is 29.2 Å². The number of aliphatic hydroxyl groups is 1. The highest BCUT2D eigenvalue weighted by atomic mass is 31.3. The molecule has 21 heteroatoms. The Labute approximate surface area is 158 Å². The number of halogens is 1. The number of aromatic amines is 1. The third-order valence-corrected chi connectivity index (χ3v) is 6.89. The molecule has 1 aliphatic heterocycles. The Morgan fingerprint density at radius 1 is 1.17 bits per heavy atom. The maximum absolute atomic E-state index is 14.1. The van der Waals surface area contributed by atoms with E-state index in [-0.39, 0.29) is 0 Å². The Balaban J connectivity index is 2.06. The van der Waals surface area contributed by atoms with Gasteiger partial charge < -0.3 is 29.4 Å². The molecule has 1 aliphatic rings. The van der Waals surface area contributed by atoms with Gasteiger partial charge in [-0.05, 0) is 0 Å². The fourth-order valence-electron chi connectivity index (χ4n) is 2.06. The smallest absolute Gasteiger partial charge is 0.385 e. The number of nitrogens with one attached hydrogen (secondary N) is 1. The number of phosphoric acid groups is 3. The molecule has 0 bridgehead atoms. The van der Waals surface area contributed by atoms with E-state index >= 15 is 0 Å². The van der Waals surface area contributed by atoms with Crippen molar-refractivity contribution in [2.75, 3.05) is 6.61 Å². The average Bonchev–Trinajstić information content (AvgIpc) is 2.78. The molecule has 2 unspecified atom stereocenters. The van der Waals surface area contributed by atoms with E-state index < -0.39 is 65.9 Å². The van der Waals surface area contributed by atoms with E-state index in [9.17, 15) is 37.7 Å². The van der Waals surface area contributed by atoms with Crippen LogP contribution in [0.5, 0.6) is 0 Å². The van der Waals surface area contributed by atoms with Crippen molar-refractivity contribution in [1.29, 1.82) is 0 Å². The zero-order valence-corrected chi connectivity index (χ0v) is 16.3. The monoisotopic (exact) mass is 487 g/mol. The zero-order valence-electron chi connectivity index (χ0n) is 13.6. The number of ether oxygens (including phenoxy) is 1. The predicted octanol–water partition coefficient (Wildman–Crippen LogP) is -2.13. The van der Waals surface area contributed by atoms with Crippen molar-refractivity contribution in [2.45, 2.75) is 24.6 Å². The van der Waals surface area contributed by atoms with Crippen LogP contribution in [0.2, 0.25) is 0 Å². The van der Waals surface area contributed by atoms with Gasteiger partial charge in [0.05, 0.1) is 6.61 Å². The minimum Gasteiger partial charge on any atom is -0.385 e. The van der Waals surface area contributed by atoms with E-state index in [4.69, 9.17) is 19.4 Å². The summed E-state index contributed by atoms with van der Waals surface area (Å²) in [5.74, 6) is 0. The van der Waals surface area contributed by atoms with Gasteiger partial charge in [0.1, 0.15) is 18.4 Å². The number of nitrogens with zero attached hydrogens (tertiary/aromatic N) is 2. The van der Waals surface area contributed by atoms with Crippen molar-refractivity contribution in [2.24, 2.45) is 0 Å². The van der Waals surface area contributed by atoms with Crippen molar-refractivity contribution < 1.29 is 60.6 Å². The van der Waals surface area contributed by atoms with Crippen molar-refractivity contribution >= 4 is 23.5 Å². The predicted molar refractivity (Wildman–Crippen MR) is 83.7 cm³/mol. The summed E-state index contributed by atoms with van der Waals surface area (Å²) in [5, 5.41) is 13.2. The molecule has 17 nitrogen and oxygen atoms in total. The largest absolute Gasteiger partial charge is 0.490 e. The first-order valence-electron chi connectivity index (χ1n) is 7.04. The number of hydrogen-bond donors (Lipinski definition) is 6. The Hall–Kier alpha value is -1.13. The maximum Gasteiger partial charge on any atom is 0.490 e. The van der Waals surface area contributed by atoms with Crippen LogP contribution in [0.4, 0.5) is 4.39 Å². The van der Waals surface area contributed by atoms with Crippen LogP contribution in [-0.4, -0.2) is 64.4 Å². The summed E-state index contributed by atoms with van der Waals surface area (Å²) in [6.07, 6.45) is -7.35. The molecule has 0 spiro atoms. The van der Waals surface area contributed by atoms with Gasteiger partial charge in [-0.3, -0.25) is 14.3 Å². The van der Waals surface area contributed by atoms with E-state index in [2.05, 4.69) is 18.2 Å². The fraction of sp³-hybridized carbons (Fsp3) is 0.625. The molecule has 0 aromatic carbocycles. The summed E-state index contributed by atoms with van der Waals surface area (Å²) in [6, 6.07) is 0. The van der Waals surface area contributed by atoms with Crippen molar-refractivity contribution in [1.82, 2.24) is 14.8 Å². The first kappa shape index (κ1) is 24.1. The molecule has 2 rings (SSSR count). The number of hydrogen-bond acceptors (Lipinski definition) is 11. The number of aliphatic hydroxyl groups excluding tert-OH is 1. The molecule has 6 atom stereocenters. The summed E-state index contributed by atoms with van der Waals surface area (Å²) in [7, 11) is -16.9. The highest BCUT2D eigenvalue weighted by molar-refractivity contribution is 7.66. The van der Waals surface area contributed by atoms with E-state index in [1.807, 2.05) is 0 Å². The molecule has 29 heavy (non-hydrogen) atoms. The maximum atomic E-state index is 14.1. The average molecular weight is 487 g/mol. The molecule has 2 heterocycles. The first-order valence-corrected chi connectivity index (χ1v) is 11.6. The van der Waals surface area contributed by atoms with Gasteiger partial charge in [0.15, 0.2) is 12.4 Å². The third-order valence-electron chi connectivity index (χ3n) is 3.08. The van der Waals surface area contributed by atoms with Crippen LogP contribution < -0.4 is 11.2 Å². The molecule has 166 valence electrons. The van der Waals surface area contributed by atoms with Gasteiger partial charge in [-0.15, -0.1) is 0 Å². The SMILES string of the molecule is O=c1cnn([C@H]2O[C@@H](COP(=O)(O)OP(=O)(O)OP(=O)(O)O)[C@H](F)[C@@H]2O)c(=O)[nH]1. The summed E-state index contributed by atoms with van der Waals surface area (Å²) in [5.41, 5.74) is -2.05. The molecule has 0 saturated carbocycles. The molecule has 0 amide bonds. The molecule has 0 radical (unpaired) electrons. The Morgan fingerprint density at radius 3 is 2.34 bits per heavy atom. The van der Waals surface area contributed by atoms with E-state index in [1.165, 1.54) is 0 Å². The quantitative estimate of drug-likeness (QED) is 0.214. The van der Waals surface area contributed by atoms with Gasteiger partial charge in [0.25, 0.3) is 5.56 Å². The second kappa shape index (κ2) is 8.55. The third kappa shape index (κ3) is 6.68. The lowest BCUT2D eigenvalue weighted by molar-refractivity contribution is -0.0602. The van der Waals surface area contributed by atoms with E-state index in [0.717, 1.165) is 0 Å². The highest BCUT2D eigenvalue weighted by Gasteiger charge is 2.48. The topological polar surface area (TPSA) is 257 Å². The molecule has 1 aromatic heterocycles. The molecule has 0 aliphatic carbocycles. The van der Waals surface area contributed by atoms with Gasteiger partial charge in [0.2, 0.25) is 0 Å². The number of rotatable bonds is 8. The fourth-order valence-corrected chi connectivity index (χ4v) is 5.09. The lowest BCUT2D eigenvalue weighted by Crippen LogP contribution is -2.38. The molecule has 6 N–H and O–H groups in total. The second-order valence-corrected chi connectivity index (χ2v) is 9.69. The van der Waals surface area contributed by atoms with Crippen LogP contribution in [-0.2, 0) is 31.6 Å². The molecular formula is C8H13FN3O14P3. The lowest BCUT2D eigenvalue weighted by atomic mass is 10.1. The lowest BCUT2D eigenvalue weighted by Gasteiger charge is -2.18. The van der Waals surface area contributed by atoms with Crippen LogP contribution in [0.3, 0.4) is 0 Å². The number of phosphoric ester groups is 1. The first-order chi connectivity index (χ1) is 13.1. The van der Waals surface area contributed by atoms with Crippen molar-refractivity contribution in [3.63, 3.8) is 0 Å². The molecule has 1 aromatic rings. The Morgan fingerprint density at radius 2 is 1.79 bits per heavy atom. The zero-order chi connectivity index (χ0) is 22.2. The minimum atomic E-state index is -5.77. The minimum absolute atomic E-state index is 0.378. The van der Waals surface area contributed by atoms with Gasteiger partial charge in [-0.2, -0.15) is 18.4 Å². The molecule has 1 saturated heterocycles. The number of H-pyrrole nitrogens is 1. The van der Waals surface area contributed by atoms with Crippen molar-refractivity contribution in [3.8, 4) is 0 Å². The summed E-state index contributed by atoms with van der Waals surface area (Å²) >= 11 is 0. The summed E-state index contributed by atoms with van der Waals surface area (Å²) in [4.78, 5) is 59.5. The highest BCUT2D eigenvalue weighted by Crippen LogP contribution is 2.66. The molecular weight excluding hydrogens is 474 g/mol. The summed E-state index contributed by atoms with van der Waals surface area (Å²) < 4.78 is 63.9. The van der Waals surface area contributed by atoms with E-state index in [1.54, 1.807) is 4.98 Å². The van der Waals surface area contributed by atoms with Crippen molar-refractivity contribution in [3.05, 3.63) is 27.0 Å². The van der Waals surface area contributed by atoms with Gasteiger partial charge in [-0.1, -0.05) is 0 Å². The van der Waals surface area contributed by atoms with Gasteiger partial charge in [-0.25, -0.2) is 22.9 Å². The molecule has 1 fully saturated rings.